The first kappa shape index (κ1) is 13.6. The van der Waals surface area contributed by atoms with Gasteiger partial charge in [0.1, 0.15) is 0 Å². The van der Waals surface area contributed by atoms with Crippen molar-refractivity contribution in [2.24, 2.45) is 5.92 Å². The number of carbonyl (C=O) groups is 1. The molecule has 0 saturated carbocycles. The number of carboxylic acid groups (broad SMARTS) is 1. The van der Waals surface area contributed by atoms with Crippen molar-refractivity contribution in [3.05, 3.63) is 28.2 Å². The first-order chi connectivity index (χ1) is 7.41. The maximum atomic E-state index is 11.1. The molecule has 1 unspecified atom stereocenters. The van der Waals surface area contributed by atoms with Crippen LogP contribution in [0.4, 0.5) is 0 Å². The van der Waals surface area contributed by atoms with Crippen molar-refractivity contribution in [3.63, 3.8) is 0 Å². The third-order valence-corrected chi connectivity index (χ3v) is 4.43. The lowest BCUT2D eigenvalue weighted by Gasteiger charge is -2.16. The molecule has 16 heavy (non-hydrogen) atoms. The van der Waals surface area contributed by atoms with Crippen LogP contribution in [0.25, 0.3) is 0 Å². The van der Waals surface area contributed by atoms with E-state index in [1.54, 1.807) is 23.9 Å². The molecule has 1 aromatic carbocycles. The van der Waals surface area contributed by atoms with Gasteiger partial charge in [-0.1, -0.05) is 36.7 Å². The van der Waals surface area contributed by atoms with Crippen LogP contribution in [-0.2, 0) is 0 Å². The van der Waals surface area contributed by atoms with E-state index in [4.69, 9.17) is 5.11 Å². The smallest absolute Gasteiger partial charge is 0.336 e. The zero-order chi connectivity index (χ0) is 12.3. The van der Waals surface area contributed by atoms with Crippen LogP contribution in [0.15, 0.2) is 27.6 Å². The van der Waals surface area contributed by atoms with Gasteiger partial charge < -0.3 is 5.11 Å². The summed E-state index contributed by atoms with van der Waals surface area (Å²) in [7, 11) is 0. The summed E-state index contributed by atoms with van der Waals surface area (Å²) in [6, 6.07) is 5.27. The van der Waals surface area contributed by atoms with Crippen LogP contribution in [0, 0.1) is 5.92 Å². The van der Waals surface area contributed by atoms with Crippen LogP contribution in [0.5, 0.6) is 0 Å². The van der Waals surface area contributed by atoms with Crippen LogP contribution in [-0.4, -0.2) is 16.3 Å². The number of halogens is 1. The minimum Gasteiger partial charge on any atom is -0.478 e. The highest BCUT2D eigenvalue weighted by molar-refractivity contribution is 9.10. The van der Waals surface area contributed by atoms with E-state index in [1.807, 2.05) is 6.07 Å². The van der Waals surface area contributed by atoms with E-state index < -0.39 is 5.97 Å². The minimum absolute atomic E-state index is 0.376. The third kappa shape index (κ3) is 3.52. The van der Waals surface area contributed by atoms with Crippen molar-refractivity contribution < 1.29 is 9.90 Å². The van der Waals surface area contributed by atoms with Crippen LogP contribution in [0.3, 0.4) is 0 Å². The average molecular weight is 303 g/mol. The van der Waals surface area contributed by atoms with Gasteiger partial charge in [0, 0.05) is 14.6 Å². The Morgan fingerprint density at radius 3 is 2.50 bits per heavy atom. The van der Waals surface area contributed by atoms with Gasteiger partial charge in [-0.2, -0.15) is 0 Å². The van der Waals surface area contributed by atoms with Crippen LogP contribution in [0.1, 0.15) is 31.1 Å². The van der Waals surface area contributed by atoms with Gasteiger partial charge in [-0.15, -0.1) is 11.8 Å². The Kier molecular flexibility index (Phi) is 4.87. The van der Waals surface area contributed by atoms with Crippen molar-refractivity contribution in [2.45, 2.75) is 30.9 Å². The summed E-state index contributed by atoms with van der Waals surface area (Å²) in [6.07, 6.45) is 0. The summed E-state index contributed by atoms with van der Waals surface area (Å²) >= 11 is 4.98. The molecule has 0 spiro atoms. The van der Waals surface area contributed by atoms with Gasteiger partial charge in [-0.05, 0) is 24.1 Å². The Morgan fingerprint density at radius 2 is 2.00 bits per heavy atom. The van der Waals surface area contributed by atoms with E-state index in [-0.39, 0.29) is 0 Å². The molecule has 2 nitrogen and oxygen atoms in total. The standard InChI is InChI=1S/C12H15BrO2S/c1-7(2)8(3)16-11-6-9(13)4-5-10(11)12(14)15/h4-8H,1-3H3,(H,14,15). The minimum atomic E-state index is -0.869. The number of thioether (sulfide) groups is 1. The molecule has 0 saturated heterocycles. The SMILES string of the molecule is CC(C)C(C)Sc1cc(Br)ccc1C(=O)O. The number of hydrogen-bond acceptors (Lipinski definition) is 2. The molecule has 0 amide bonds. The van der Waals surface area contributed by atoms with Crippen molar-refractivity contribution >= 4 is 33.7 Å². The first-order valence-corrected chi connectivity index (χ1v) is 6.78. The van der Waals surface area contributed by atoms with Crippen LogP contribution >= 0.6 is 27.7 Å². The molecule has 4 heteroatoms. The predicted octanol–water partition coefficient (Wildman–Crippen LogP) is 4.28. The quantitative estimate of drug-likeness (QED) is 0.843. The van der Waals surface area contributed by atoms with Gasteiger partial charge in [-0.3, -0.25) is 0 Å². The fourth-order valence-electron chi connectivity index (χ4n) is 1.11. The summed E-state index contributed by atoms with van der Waals surface area (Å²) < 4.78 is 0.913. The first-order valence-electron chi connectivity index (χ1n) is 5.11. The molecule has 1 atom stereocenters. The molecule has 0 radical (unpaired) electrons. The van der Waals surface area contributed by atoms with Gasteiger partial charge in [0.15, 0.2) is 0 Å². The second kappa shape index (κ2) is 5.73. The van der Waals surface area contributed by atoms with E-state index >= 15 is 0 Å². The Morgan fingerprint density at radius 1 is 1.38 bits per heavy atom. The number of aromatic carboxylic acids is 1. The summed E-state index contributed by atoms with van der Waals surface area (Å²) in [5.41, 5.74) is 0.376. The van der Waals surface area contributed by atoms with Crippen molar-refractivity contribution in [1.29, 1.82) is 0 Å². The van der Waals surface area contributed by atoms with Crippen molar-refractivity contribution in [2.75, 3.05) is 0 Å². The molecule has 1 rings (SSSR count). The highest BCUT2D eigenvalue weighted by Gasteiger charge is 2.15. The third-order valence-electron chi connectivity index (χ3n) is 2.43. The number of hydrogen-bond donors (Lipinski definition) is 1. The largest absolute Gasteiger partial charge is 0.478 e. The molecule has 0 fully saturated rings. The van der Waals surface area contributed by atoms with Crippen LogP contribution < -0.4 is 0 Å². The Balaban J connectivity index is 3.01. The van der Waals surface area contributed by atoms with Gasteiger partial charge >= 0.3 is 5.97 Å². The van der Waals surface area contributed by atoms with Crippen LogP contribution in [0.2, 0.25) is 0 Å². The maximum Gasteiger partial charge on any atom is 0.336 e. The highest BCUT2D eigenvalue weighted by Crippen LogP contribution is 2.32. The van der Waals surface area contributed by atoms with Crippen molar-refractivity contribution in [1.82, 2.24) is 0 Å². The van der Waals surface area contributed by atoms with Gasteiger partial charge in [0.05, 0.1) is 5.56 Å². The van der Waals surface area contributed by atoms with E-state index in [0.717, 1.165) is 9.37 Å². The Hall–Kier alpha value is -0.480. The van der Waals surface area contributed by atoms with Crippen molar-refractivity contribution in [3.8, 4) is 0 Å². The zero-order valence-corrected chi connectivity index (χ0v) is 11.9. The summed E-state index contributed by atoms with van der Waals surface area (Å²) in [5, 5.41) is 9.48. The highest BCUT2D eigenvalue weighted by atomic mass is 79.9. The monoisotopic (exact) mass is 302 g/mol. The number of carboxylic acids is 1. The molecule has 1 aromatic rings. The fraction of sp³-hybridized carbons (Fsp3) is 0.417. The molecule has 0 heterocycles. The molecular weight excluding hydrogens is 288 g/mol. The van der Waals surface area contributed by atoms with Gasteiger partial charge in [0.2, 0.25) is 0 Å². The Labute approximate surface area is 109 Å². The van der Waals surface area contributed by atoms with E-state index in [2.05, 4.69) is 36.7 Å². The number of benzene rings is 1. The molecule has 0 aliphatic carbocycles. The number of rotatable bonds is 4. The lowest BCUT2D eigenvalue weighted by Crippen LogP contribution is -2.07. The molecule has 0 bridgehead atoms. The summed E-state index contributed by atoms with van der Waals surface area (Å²) in [4.78, 5) is 11.9. The normalized spacial score (nSPS) is 12.8. The topological polar surface area (TPSA) is 37.3 Å². The summed E-state index contributed by atoms with van der Waals surface area (Å²) in [6.45, 7) is 6.38. The molecule has 0 aliphatic heterocycles. The second-order valence-electron chi connectivity index (χ2n) is 4.01. The second-order valence-corrected chi connectivity index (χ2v) is 6.35. The molecule has 1 N–H and O–H groups in total. The van der Waals surface area contributed by atoms with Gasteiger partial charge in [0.25, 0.3) is 0 Å². The van der Waals surface area contributed by atoms with E-state index in [9.17, 15) is 4.79 Å². The van der Waals surface area contributed by atoms with E-state index in [0.29, 0.717) is 16.7 Å². The van der Waals surface area contributed by atoms with Gasteiger partial charge in [-0.25, -0.2) is 4.79 Å². The molecule has 0 aliphatic rings. The fourth-order valence-corrected chi connectivity index (χ4v) is 2.77. The lowest BCUT2D eigenvalue weighted by atomic mass is 10.2. The Bertz CT molecular complexity index is 391. The molecular formula is C12H15BrO2S. The average Bonchev–Trinajstić information content (AvgIpc) is 2.16. The maximum absolute atomic E-state index is 11.1. The molecule has 0 aromatic heterocycles. The predicted molar refractivity (Wildman–Crippen MR) is 71.3 cm³/mol. The zero-order valence-electron chi connectivity index (χ0n) is 9.53. The summed E-state index contributed by atoms with van der Waals surface area (Å²) in [5.74, 6) is -0.350. The lowest BCUT2D eigenvalue weighted by molar-refractivity contribution is 0.0693. The van der Waals surface area contributed by atoms with E-state index in [1.165, 1.54) is 0 Å². The molecule has 88 valence electrons.